The number of halogens is 1. The van der Waals surface area contributed by atoms with Crippen molar-refractivity contribution in [3.8, 4) is 5.75 Å². The molecule has 1 N–H and O–H groups in total. The zero-order valence-electron chi connectivity index (χ0n) is 21.3. The lowest BCUT2D eigenvalue weighted by Crippen LogP contribution is -2.50. The molecule has 5 nitrogen and oxygen atoms in total. The summed E-state index contributed by atoms with van der Waals surface area (Å²) in [5.41, 5.74) is 3.72. The number of amides is 2. The maximum absolute atomic E-state index is 13.8. The van der Waals surface area contributed by atoms with Gasteiger partial charge in [0.1, 0.15) is 11.8 Å². The van der Waals surface area contributed by atoms with Crippen molar-refractivity contribution in [2.75, 3.05) is 7.11 Å². The van der Waals surface area contributed by atoms with Crippen LogP contribution in [-0.2, 0) is 35.5 Å². The first-order valence-corrected chi connectivity index (χ1v) is 12.9. The van der Waals surface area contributed by atoms with E-state index in [1.165, 1.54) is 0 Å². The highest BCUT2D eigenvalue weighted by Gasteiger charge is 2.30. The first-order chi connectivity index (χ1) is 18.5. The van der Waals surface area contributed by atoms with Crippen LogP contribution in [0.5, 0.6) is 5.75 Å². The number of benzene rings is 4. The largest absolute Gasteiger partial charge is 0.497 e. The predicted molar refractivity (Wildman–Crippen MR) is 151 cm³/mol. The molecule has 6 heteroatoms. The number of hydrogen-bond donors (Lipinski definition) is 1. The van der Waals surface area contributed by atoms with E-state index < -0.39 is 6.04 Å². The molecule has 4 aromatic carbocycles. The fraction of sp³-hybridized carbons (Fsp3) is 0.188. The van der Waals surface area contributed by atoms with Crippen LogP contribution < -0.4 is 10.1 Å². The third-order valence-electron chi connectivity index (χ3n) is 6.36. The quantitative estimate of drug-likeness (QED) is 0.267. The van der Waals surface area contributed by atoms with Crippen LogP contribution in [0, 0.1) is 0 Å². The van der Waals surface area contributed by atoms with Gasteiger partial charge in [-0.1, -0.05) is 96.5 Å². The number of methoxy groups -OCH3 is 1. The van der Waals surface area contributed by atoms with E-state index in [-0.39, 0.29) is 18.2 Å². The minimum atomic E-state index is -0.706. The van der Waals surface area contributed by atoms with Crippen molar-refractivity contribution in [1.29, 1.82) is 0 Å². The second-order valence-corrected chi connectivity index (χ2v) is 9.52. The molecular formula is C32H31ClN2O3. The minimum absolute atomic E-state index is 0.116. The molecule has 1 unspecified atom stereocenters. The molecule has 0 saturated heterocycles. The highest BCUT2D eigenvalue weighted by molar-refractivity contribution is 6.30. The molecule has 4 rings (SSSR count). The molecule has 0 aliphatic carbocycles. The summed E-state index contributed by atoms with van der Waals surface area (Å²) in [5.74, 6) is 0.408. The van der Waals surface area contributed by atoms with Gasteiger partial charge in [-0.25, -0.2) is 0 Å². The van der Waals surface area contributed by atoms with Gasteiger partial charge in [0.05, 0.1) is 13.5 Å². The van der Waals surface area contributed by atoms with Crippen molar-refractivity contribution >= 4 is 23.4 Å². The fourth-order valence-corrected chi connectivity index (χ4v) is 4.39. The zero-order valence-corrected chi connectivity index (χ0v) is 22.1. The van der Waals surface area contributed by atoms with Crippen LogP contribution in [0.4, 0.5) is 0 Å². The monoisotopic (exact) mass is 526 g/mol. The SMILES string of the molecule is COc1ccc(CN(C(=O)Cc2ccccc2)C(Cc2ccccc2)C(=O)NCc2ccc(Cl)cc2)cc1. The Balaban J connectivity index is 1.63. The standard InChI is InChI=1S/C32H31ClN2O3/c1-38-29-18-14-27(15-19-29)23-35(31(36)21-25-10-6-3-7-11-25)30(20-24-8-4-2-5-9-24)32(37)34-22-26-12-16-28(33)17-13-26/h2-19,30H,20-23H2,1H3,(H,34,37). The Labute approximate surface area is 229 Å². The average molecular weight is 527 g/mol. The van der Waals surface area contributed by atoms with Crippen molar-refractivity contribution in [2.45, 2.75) is 32.0 Å². The summed E-state index contributed by atoms with van der Waals surface area (Å²) in [5, 5.41) is 3.68. The van der Waals surface area contributed by atoms with Gasteiger partial charge in [-0.2, -0.15) is 0 Å². The first kappa shape index (κ1) is 27.0. The maximum atomic E-state index is 13.8. The smallest absolute Gasteiger partial charge is 0.243 e. The molecule has 0 spiro atoms. The lowest BCUT2D eigenvalue weighted by atomic mass is 10.0. The molecule has 0 heterocycles. The van der Waals surface area contributed by atoms with Gasteiger partial charge in [0.25, 0.3) is 0 Å². The molecule has 0 aromatic heterocycles. The summed E-state index contributed by atoms with van der Waals surface area (Å²) in [6.45, 7) is 0.631. The van der Waals surface area contributed by atoms with Crippen LogP contribution >= 0.6 is 11.6 Å². The van der Waals surface area contributed by atoms with E-state index in [9.17, 15) is 9.59 Å². The topological polar surface area (TPSA) is 58.6 Å². The molecule has 2 amide bonds. The summed E-state index contributed by atoms with van der Waals surface area (Å²) in [6, 6.07) is 33.6. The van der Waals surface area contributed by atoms with Gasteiger partial charge in [0.2, 0.25) is 11.8 Å². The number of nitrogens with one attached hydrogen (secondary N) is 1. The Morgan fingerprint density at radius 3 is 1.95 bits per heavy atom. The van der Waals surface area contributed by atoms with Crippen molar-refractivity contribution in [3.05, 3.63) is 136 Å². The second-order valence-electron chi connectivity index (χ2n) is 9.08. The molecule has 1 atom stereocenters. The highest BCUT2D eigenvalue weighted by atomic mass is 35.5. The predicted octanol–water partition coefficient (Wildman–Crippen LogP) is 5.85. The molecule has 0 saturated carbocycles. The van der Waals surface area contributed by atoms with Crippen molar-refractivity contribution < 1.29 is 14.3 Å². The third-order valence-corrected chi connectivity index (χ3v) is 6.61. The summed E-state index contributed by atoms with van der Waals surface area (Å²) in [4.78, 5) is 29.2. The second kappa shape index (κ2) is 13.5. The van der Waals surface area contributed by atoms with E-state index in [0.29, 0.717) is 24.5 Å². The van der Waals surface area contributed by atoms with Gasteiger partial charge in [-0.3, -0.25) is 9.59 Å². The maximum Gasteiger partial charge on any atom is 0.243 e. The summed E-state index contributed by atoms with van der Waals surface area (Å²) in [6.07, 6.45) is 0.594. The van der Waals surface area contributed by atoms with Gasteiger partial charge in [-0.05, 0) is 46.5 Å². The summed E-state index contributed by atoms with van der Waals surface area (Å²) < 4.78 is 5.29. The van der Waals surface area contributed by atoms with E-state index in [0.717, 1.165) is 28.0 Å². The van der Waals surface area contributed by atoms with E-state index in [2.05, 4.69) is 5.32 Å². The zero-order chi connectivity index (χ0) is 26.7. The number of ether oxygens (including phenoxy) is 1. The van der Waals surface area contributed by atoms with Crippen LogP contribution in [0.15, 0.2) is 109 Å². The third kappa shape index (κ3) is 7.70. The van der Waals surface area contributed by atoms with E-state index in [1.54, 1.807) is 24.1 Å². The molecule has 194 valence electrons. The molecule has 0 aliphatic heterocycles. The highest BCUT2D eigenvalue weighted by Crippen LogP contribution is 2.19. The summed E-state index contributed by atoms with van der Waals surface area (Å²) >= 11 is 6.01. The first-order valence-electron chi connectivity index (χ1n) is 12.5. The average Bonchev–Trinajstić information content (AvgIpc) is 2.96. The van der Waals surface area contributed by atoms with Crippen molar-refractivity contribution in [3.63, 3.8) is 0 Å². The fourth-order valence-electron chi connectivity index (χ4n) is 4.26. The molecular weight excluding hydrogens is 496 g/mol. The molecule has 0 aliphatic rings. The Bertz CT molecular complexity index is 1310. The van der Waals surface area contributed by atoms with Gasteiger partial charge in [0, 0.05) is 24.5 Å². The number of hydrogen-bond acceptors (Lipinski definition) is 3. The van der Waals surface area contributed by atoms with Crippen LogP contribution in [-0.4, -0.2) is 29.9 Å². The number of carbonyl (C=O) groups excluding carboxylic acids is 2. The van der Waals surface area contributed by atoms with Crippen LogP contribution in [0.3, 0.4) is 0 Å². The van der Waals surface area contributed by atoms with Gasteiger partial charge in [0.15, 0.2) is 0 Å². The number of rotatable bonds is 11. The van der Waals surface area contributed by atoms with E-state index >= 15 is 0 Å². The Morgan fingerprint density at radius 2 is 1.34 bits per heavy atom. The normalized spacial score (nSPS) is 11.4. The van der Waals surface area contributed by atoms with Gasteiger partial charge < -0.3 is 15.0 Å². The van der Waals surface area contributed by atoms with Crippen molar-refractivity contribution in [2.24, 2.45) is 0 Å². The Morgan fingerprint density at radius 1 is 0.763 bits per heavy atom. The van der Waals surface area contributed by atoms with E-state index in [4.69, 9.17) is 16.3 Å². The molecule has 38 heavy (non-hydrogen) atoms. The minimum Gasteiger partial charge on any atom is -0.497 e. The van der Waals surface area contributed by atoms with Crippen LogP contribution in [0.2, 0.25) is 5.02 Å². The Hall–Kier alpha value is -4.09. The van der Waals surface area contributed by atoms with Crippen LogP contribution in [0.1, 0.15) is 22.3 Å². The molecule has 0 fully saturated rings. The molecule has 0 radical (unpaired) electrons. The lowest BCUT2D eigenvalue weighted by Gasteiger charge is -2.32. The van der Waals surface area contributed by atoms with Gasteiger partial charge >= 0.3 is 0 Å². The van der Waals surface area contributed by atoms with E-state index in [1.807, 2.05) is 97.1 Å². The lowest BCUT2D eigenvalue weighted by molar-refractivity contribution is -0.140. The Kier molecular flexibility index (Phi) is 9.54. The summed E-state index contributed by atoms with van der Waals surface area (Å²) in [7, 11) is 1.62. The number of carbonyl (C=O) groups is 2. The van der Waals surface area contributed by atoms with Crippen molar-refractivity contribution in [1.82, 2.24) is 10.2 Å². The van der Waals surface area contributed by atoms with Gasteiger partial charge in [-0.15, -0.1) is 0 Å². The molecule has 4 aromatic rings. The van der Waals surface area contributed by atoms with Crippen LogP contribution in [0.25, 0.3) is 0 Å². The molecule has 0 bridgehead atoms. The number of nitrogens with zero attached hydrogens (tertiary/aromatic N) is 1.